The van der Waals surface area contributed by atoms with E-state index in [0.717, 1.165) is 10.6 Å². The van der Waals surface area contributed by atoms with Crippen LogP contribution in [0.2, 0.25) is 0 Å². The van der Waals surface area contributed by atoms with Crippen molar-refractivity contribution in [2.75, 3.05) is 10.6 Å². The summed E-state index contributed by atoms with van der Waals surface area (Å²) in [6.07, 6.45) is 1.04. The van der Waals surface area contributed by atoms with Crippen molar-refractivity contribution in [1.29, 1.82) is 0 Å². The number of hydrogen-bond donors (Lipinski definition) is 2. The van der Waals surface area contributed by atoms with Crippen LogP contribution in [-0.4, -0.2) is 36.5 Å². The molecular weight excluding hydrogens is 354 g/mol. The molecule has 7 heteroatoms. The third-order valence-electron chi connectivity index (χ3n) is 3.23. The lowest BCUT2D eigenvalue weighted by Crippen LogP contribution is -2.25. The number of anilines is 2. The van der Waals surface area contributed by atoms with E-state index in [1.165, 1.54) is 32.0 Å². The van der Waals surface area contributed by atoms with Gasteiger partial charge in [0.25, 0.3) is 0 Å². The van der Waals surface area contributed by atoms with Crippen LogP contribution in [0.25, 0.3) is 0 Å². The fourth-order valence-electron chi connectivity index (χ4n) is 2.24. The van der Waals surface area contributed by atoms with Gasteiger partial charge in [-0.1, -0.05) is 30.0 Å². The monoisotopic (exact) mass is 373 g/mol. The SMILES string of the molecule is CC(C)(O)C#Cc1cc(C(=O)O)cc(N(c2ccccc2)S(C)(=O)=O)c1. The first-order chi connectivity index (χ1) is 12.0. The van der Waals surface area contributed by atoms with Crippen molar-refractivity contribution in [3.63, 3.8) is 0 Å². The van der Waals surface area contributed by atoms with Gasteiger partial charge < -0.3 is 10.2 Å². The Hall–Kier alpha value is -2.82. The molecule has 0 atom stereocenters. The molecule has 6 nitrogen and oxygen atoms in total. The standard InChI is InChI=1S/C19H19NO5S/c1-19(2,23)10-9-14-11-15(18(21)22)13-17(12-14)20(26(3,24)25)16-7-5-4-6-8-16/h4-8,11-13,23H,1-3H3,(H,21,22). The van der Waals surface area contributed by atoms with Crippen molar-refractivity contribution in [1.82, 2.24) is 0 Å². The van der Waals surface area contributed by atoms with Crippen LogP contribution >= 0.6 is 0 Å². The Bertz CT molecular complexity index is 980. The van der Waals surface area contributed by atoms with E-state index in [4.69, 9.17) is 0 Å². The minimum atomic E-state index is -3.73. The van der Waals surface area contributed by atoms with Crippen molar-refractivity contribution in [3.05, 3.63) is 59.7 Å². The summed E-state index contributed by atoms with van der Waals surface area (Å²) >= 11 is 0. The van der Waals surface area contributed by atoms with Crippen molar-refractivity contribution in [3.8, 4) is 11.8 Å². The Labute approximate surface area is 152 Å². The summed E-state index contributed by atoms with van der Waals surface area (Å²) in [5.74, 6) is 4.08. The zero-order chi connectivity index (χ0) is 19.5. The second-order valence-corrected chi connectivity index (χ2v) is 8.08. The fraction of sp³-hybridized carbons (Fsp3) is 0.211. The fourth-order valence-corrected chi connectivity index (χ4v) is 3.24. The molecule has 2 rings (SSSR count). The molecule has 0 aliphatic heterocycles. The second kappa shape index (κ2) is 7.20. The Balaban J connectivity index is 2.70. The summed E-state index contributed by atoms with van der Waals surface area (Å²) in [6, 6.07) is 12.4. The zero-order valence-electron chi connectivity index (χ0n) is 14.6. The minimum absolute atomic E-state index is 0.105. The maximum absolute atomic E-state index is 12.3. The molecule has 0 heterocycles. The molecule has 26 heavy (non-hydrogen) atoms. The average Bonchev–Trinajstić information content (AvgIpc) is 2.52. The predicted octanol–water partition coefficient (Wildman–Crippen LogP) is 2.60. The van der Waals surface area contributed by atoms with E-state index in [1.807, 2.05) is 0 Å². The predicted molar refractivity (Wildman–Crippen MR) is 100 cm³/mol. The van der Waals surface area contributed by atoms with Crippen LogP contribution in [0.15, 0.2) is 48.5 Å². The molecule has 0 saturated heterocycles. The Morgan fingerprint density at radius 2 is 1.69 bits per heavy atom. The lowest BCUT2D eigenvalue weighted by Gasteiger charge is -2.23. The minimum Gasteiger partial charge on any atom is -0.478 e. The first-order valence-corrected chi connectivity index (χ1v) is 9.51. The van der Waals surface area contributed by atoms with Crippen molar-refractivity contribution in [2.24, 2.45) is 0 Å². The van der Waals surface area contributed by atoms with Gasteiger partial charge in [-0.05, 0) is 44.2 Å². The summed E-state index contributed by atoms with van der Waals surface area (Å²) in [4.78, 5) is 11.4. The van der Waals surface area contributed by atoms with Crippen LogP contribution < -0.4 is 4.31 Å². The highest BCUT2D eigenvalue weighted by atomic mass is 32.2. The average molecular weight is 373 g/mol. The topological polar surface area (TPSA) is 94.9 Å². The molecule has 0 aromatic heterocycles. The van der Waals surface area contributed by atoms with Gasteiger partial charge in [-0.2, -0.15) is 0 Å². The van der Waals surface area contributed by atoms with Gasteiger partial charge in [-0.15, -0.1) is 0 Å². The maximum Gasteiger partial charge on any atom is 0.335 e. The Morgan fingerprint density at radius 1 is 1.08 bits per heavy atom. The second-order valence-electron chi connectivity index (χ2n) is 6.25. The molecule has 0 unspecified atom stereocenters. The molecular formula is C19H19NO5S. The highest BCUT2D eigenvalue weighted by molar-refractivity contribution is 7.92. The Morgan fingerprint density at radius 3 is 2.19 bits per heavy atom. The van der Waals surface area contributed by atoms with Crippen LogP contribution in [0.3, 0.4) is 0 Å². The number of aromatic carboxylic acids is 1. The van der Waals surface area contributed by atoms with Crippen LogP contribution in [0.4, 0.5) is 11.4 Å². The van der Waals surface area contributed by atoms with Gasteiger partial charge in [0, 0.05) is 5.56 Å². The quantitative estimate of drug-likeness (QED) is 0.804. The van der Waals surface area contributed by atoms with Gasteiger partial charge in [0.15, 0.2) is 0 Å². The highest BCUT2D eigenvalue weighted by Crippen LogP contribution is 2.30. The van der Waals surface area contributed by atoms with E-state index in [1.54, 1.807) is 30.3 Å². The summed E-state index contributed by atoms with van der Waals surface area (Å²) in [7, 11) is -3.73. The number of nitrogens with zero attached hydrogens (tertiary/aromatic N) is 1. The van der Waals surface area contributed by atoms with Gasteiger partial charge in [0.05, 0.1) is 23.2 Å². The summed E-state index contributed by atoms with van der Waals surface area (Å²) < 4.78 is 25.7. The lowest BCUT2D eigenvalue weighted by molar-refractivity contribution is 0.0696. The van der Waals surface area contributed by atoms with Crippen LogP contribution in [0, 0.1) is 11.8 Å². The van der Waals surface area contributed by atoms with Gasteiger partial charge in [-0.25, -0.2) is 17.5 Å². The van der Waals surface area contributed by atoms with Crippen LogP contribution in [0.1, 0.15) is 29.8 Å². The van der Waals surface area contributed by atoms with E-state index in [-0.39, 0.29) is 16.8 Å². The number of carbonyl (C=O) groups is 1. The molecule has 136 valence electrons. The molecule has 2 aromatic rings. The molecule has 0 bridgehead atoms. The molecule has 0 spiro atoms. The first-order valence-electron chi connectivity index (χ1n) is 7.67. The van der Waals surface area contributed by atoms with E-state index in [0.29, 0.717) is 5.69 Å². The molecule has 0 fully saturated rings. The van der Waals surface area contributed by atoms with Crippen molar-refractivity contribution >= 4 is 27.4 Å². The van der Waals surface area contributed by atoms with Gasteiger partial charge in [0.1, 0.15) is 5.60 Å². The van der Waals surface area contributed by atoms with Crippen molar-refractivity contribution < 1.29 is 23.4 Å². The molecule has 0 amide bonds. The smallest absolute Gasteiger partial charge is 0.335 e. The third-order valence-corrected chi connectivity index (χ3v) is 4.32. The molecule has 0 radical (unpaired) electrons. The third kappa shape index (κ3) is 5.09. The van der Waals surface area contributed by atoms with Crippen molar-refractivity contribution in [2.45, 2.75) is 19.4 Å². The lowest BCUT2D eigenvalue weighted by atomic mass is 10.1. The number of aliphatic hydroxyl groups is 1. The number of rotatable bonds is 4. The Kier molecular flexibility index (Phi) is 5.40. The summed E-state index contributed by atoms with van der Waals surface area (Å²) in [5.41, 5.74) is -0.564. The number of hydrogen-bond acceptors (Lipinski definition) is 4. The molecule has 0 saturated carbocycles. The van der Waals surface area contributed by atoms with Crippen LogP contribution in [-0.2, 0) is 10.0 Å². The van der Waals surface area contributed by atoms with E-state index < -0.39 is 21.6 Å². The first kappa shape index (κ1) is 19.5. The summed E-state index contributed by atoms with van der Waals surface area (Å²) in [6.45, 7) is 2.99. The zero-order valence-corrected chi connectivity index (χ0v) is 15.4. The van der Waals surface area contributed by atoms with Gasteiger partial charge in [0.2, 0.25) is 10.0 Å². The number of sulfonamides is 1. The molecule has 0 aliphatic carbocycles. The number of carboxylic acids is 1. The molecule has 0 aliphatic rings. The number of carboxylic acid groups (broad SMARTS) is 1. The normalized spacial score (nSPS) is 11.4. The summed E-state index contributed by atoms with van der Waals surface area (Å²) in [5, 5.41) is 19.1. The number of benzene rings is 2. The van der Waals surface area contributed by atoms with Crippen LogP contribution in [0.5, 0.6) is 0 Å². The molecule has 2 N–H and O–H groups in total. The van der Waals surface area contributed by atoms with E-state index >= 15 is 0 Å². The number of para-hydroxylation sites is 1. The van der Waals surface area contributed by atoms with Gasteiger partial charge >= 0.3 is 5.97 Å². The van der Waals surface area contributed by atoms with E-state index in [2.05, 4.69) is 11.8 Å². The van der Waals surface area contributed by atoms with E-state index in [9.17, 15) is 23.4 Å². The highest BCUT2D eigenvalue weighted by Gasteiger charge is 2.21. The molecule has 2 aromatic carbocycles. The maximum atomic E-state index is 12.3. The van der Waals surface area contributed by atoms with Gasteiger partial charge in [-0.3, -0.25) is 0 Å². The largest absolute Gasteiger partial charge is 0.478 e.